The number of nitrogens with zero attached hydrogens (tertiary/aromatic N) is 4. The summed E-state index contributed by atoms with van der Waals surface area (Å²) in [6, 6.07) is 7.68. The van der Waals surface area contributed by atoms with Crippen LogP contribution in [0.1, 0.15) is 60.6 Å². The van der Waals surface area contributed by atoms with Crippen LogP contribution in [0.3, 0.4) is 0 Å². The zero-order valence-corrected chi connectivity index (χ0v) is 21.0. The fourth-order valence-corrected chi connectivity index (χ4v) is 5.34. The molecule has 1 aromatic carbocycles. The second-order valence-electron chi connectivity index (χ2n) is 9.67. The first-order valence-corrected chi connectivity index (χ1v) is 12.9. The summed E-state index contributed by atoms with van der Waals surface area (Å²) in [5.41, 5.74) is 3.20. The molecular formula is C27H40N4O3. The lowest BCUT2D eigenvalue weighted by molar-refractivity contribution is -0.00702. The second-order valence-corrected chi connectivity index (χ2v) is 9.67. The Labute approximate surface area is 204 Å². The molecule has 1 fully saturated rings. The Morgan fingerprint density at radius 1 is 1.15 bits per heavy atom. The van der Waals surface area contributed by atoms with Crippen LogP contribution < -0.4 is 4.74 Å². The fraction of sp³-hybridized carbons (Fsp3) is 0.630. The standard InChI is InChI=1S/C27H40N4O3/c1-4-13-31-21(2)23(18-28-31)19-29-14-8-7-9-22-20-30(15-12-25(22)33-3)27(32)24-10-5-6-11-26(24)34-17-16-29/h5-6,10-11,18,22,25H,4,7-9,12-17,19-20H2,1-3H3/t22-,25+/m1/s1. The molecule has 7 nitrogen and oxygen atoms in total. The molecule has 0 N–H and O–H groups in total. The fourth-order valence-electron chi connectivity index (χ4n) is 5.34. The van der Waals surface area contributed by atoms with E-state index in [1.807, 2.05) is 35.4 Å². The smallest absolute Gasteiger partial charge is 0.257 e. The van der Waals surface area contributed by atoms with E-state index in [1.165, 1.54) is 11.3 Å². The molecule has 0 spiro atoms. The highest BCUT2D eigenvalue weighted by Gasteiger charge is 2.32. The number of methoxy groups -OCH3 is 1. The minimum atomic E-state index is 0.0723. The Bertz CT molecular complexity index is 944. The summed E-state index contributed by atoms with van der Waals surface area (Å²) < 4.78 is 14.1. The van der Waals surface area contributed by atoms with Crippen LogP contribution in [-0.4, -0.2) is 71.5 Å². The third-order valence-corrected chi connectivity index (χ3v) is 7.37. The number of aromatic nitrogens is 2. The number of piperidine rings is 1. The average Bonchev–Trinajstić information content (AvgIpc) is 3.20. The van der Waals surface area contributed by atoms with Gasteiger partial charge in [-0.3, -0.25) is 14.4 Å². The quantitative estimate of drug-likeness (QED) is 0.660. The highest BCUT2D eigenvalue weighted by Crippen LogP contribution is 2.28. The Morgan fingerprint density at radius 3 is 2.82 bits per heavy atom. The maximum Gasteiger partial charge on any atom is 0.257 e. The number of hydrogen-bond acceptors (Lipinski definition) is 5. The highest BCUT2D eigenvalue weighted by molar-refractivity contribution is 5.97. The molecule has 7 heteroatoms. The Kier molecular flexibility index (Phi) is 8.62. The second kappa shape index (κ2) is 11.8. The van der Waals surface area contributed by atoms with Gasteiger partial charge in [-0.2, -0.15) is 5.10 Å². The first-order chi connectivity index (χ1) is 16.6. The van der Waals surface area contributed by atoms with Crippen LogP contribution in [0.25, 0.3) is 0 Å². The van der Waals surface area contributed by atoms with E-state index in [0.29, 0.717) is 23.8 Å². The van der Waals surface area contributed by atoms with Crippen LogP contribution in [0.2, 0.25) is 0 Å². The minimum Gasteiger partial charge on any atom is -0.491 e. The molecule has 1 amide bonds. The Morgan fingerprint density at radius 2 is 2.00 bits per heavy atom. The van der Waals surface area contributed by atoms with Gasteiger partial charge in [0.2, 0.25) is 0 Å². The molecule has 1 saturated heterocycles. The maximum absolute atomic E-state index is 13.4. The van der Waals surface area contributed by atoms with Crippen molar-refractivity contribution in [3.63, 3.8) is 0 Å². The van der Waals surface area contributed by atoms with Gasteiger partial charge >= 0.3 is 0 Å². The van der Waals surface area contributed by atoms with Crippen LogP contribution in [0.4, 0.5) is 0 Å². The minimum absolute atomic E-state index is 0.0723. The van der Waals surface area contributed by atoms with Gasteiger partial charge in [-0.25, -0.2) is 0 Å². The zero-order valence-electron chi connectivity index (χ0n) is 21.0. The Balaban J connectivity index is 1.52. The first-order valence-electron chi connectivity index (χ1n) is 12.9. The molecule has 2 aromatic rings. The van der Waals surface area contributed by atoms with E-state index < -0.39 is 0 Å². The molecule has 2 aliphatic rings. The summed E-state index contributed by atoms with van der Waals surface area (Å²) >= 11 is 0. The number of para-hydroxylation sites is 1. The van der Waals surface area contributed by atoms with E-state index in [4.69, 9.17) is 9.47 Å². The summed E-state index contributed by atoms with van der Waals surface area (Å²) in [6.45, 7) is 10.1. The zero-order chi connectivity index (χ0) is 23.9. The predicted octanol–water partition coefficient (Wildman–Crippen LogP) is 4.14. The lowest BCUT2D eigenvalue weighted by Crippen LogP contribution is -2.46. The van der Waals surface area contributed by atoms with Crippen molar-refractivity contribution in [1.29, 1.82) is 0 Å². The van der Waals surface area contributed by atoms with Crippen LogP contribution in [0, 0.1) is 12.8 Å². The summed E-state index contributed by atoms with van der Waals surface area (Å²) in [4.78, 5) is 17.9. The number of hydrogen-bond donors (Lipinski definition) is 0. The summed E-state index contributed by atoms with van der Waals surface area (Å²) in [6.07, 6.45) is 7.56. The topological polar surface area (TPSA) is 59.8 Å². The Hall–Kier alpha value is -2.38. The van der Waals surface area contributed by atoms with Gasteiger partial charge in [-0.05, 0) is 51.3 Å². The summed E-state index contributed by atoms with van der Waals surface area (Å²) in [7, 11) is 1.80. The molecule has 34 heavy (non-hydrogen) atoms. The number of carbonyl (C=O) groups excluding carboxylic acids is 1. The van der Waals surface area contributed by atoms with E-state index in [-0.39, 0.29) is 12.0 Å². The van der Waals surface area contributed by atoms with Crippen molar-refractivity contribution in [2.75, 3.05) is 39.9 Å². The van der Waals surface area contributed by atoms with Crippen molar-refractivity contribution >= 4 is 5.91 Å². The van der Waals surface area contributed by atoms with Crippen LogP contribution in [-0.2, 0) is 17.8 Å². The molecule has 0 saturated carbocycles. The number of amides is 1. The predicted molar refractivity (Wildman–Crippen MR) is 133 cm³/mol. The molecular weight excluding hydrogens is 428 g/mol. The van der Waals surface area contributed by atoms with Crippen LogP contribution >= 0.6 is 0 Å². The van der Waals surface area contributed by atoms with Crippen molar-refractivity contribution < 1.29 is 14.3 Å². The van der Waals surface area contributed by atoms with Gasteiger partial charge in [0, 0.05) is 57.0 Å². The average molecular weight is 469 g/mol. The van der Waals surface area contributed by atoms with Crippen LogP contribution in [0.5, 0.6) is 5.75 Å². The number of rotatable bonds is 5. The molecule has 186 valence electrons. The van der Waals surface area contributed by atoms with Gasteiger partial charge in [0.05, 0.1) is 17.9 Å². The monoisotopic (exact) mass is 468 g/mol. The van der Waals surface area contributed by atoms with Crippen molar-refractivity contribution in [1.82, 2.24) is 19.6 Å². The lowest BCUT2D eigenvalue weighted by atomic mass is 9.89. The third-order valence-electron chi connectivity index (χ3n) is 7.37. The van der Waals surface area contributed by atoms with E-state index in [1.54, 1.807) is 7.11 Å². The van der Waals surface area contributed by atoms with Gasteiger partial charge in [0.25, 0.3) is 5.91 Å². The number of fused-ring (bicyclic) bond motifs is 3. The molecule has 2 atom stereocenters. The number of ether oxygens (including phenoxy) is 2. The third kappa shape index (κ3) is 5.81. The van der Waals surface area contributed by atoms with Gasteiger partial charge in [0.15, 0.2) is 0 Å². The van der Waals surface area contributed by atoms with Gasteiger partial charge < -0.3 is 14.4 Å². The van der Waals surface area contributed by atoms with E-state index in [2.05, 4.69) is 28.5 Å². The SMILES string of the molecule is CCCn1ncc(CN2CCCC[C@@H]3CN(CC[C@@H]3OC)C(=O)c3ccccc3OCC2)c1C. The van der Waals surface area contributed by atoms with Crippen LogP contribution in [0.15, 0.2) is 30.5 Å². The molecule has 2 bridgehead atoms. The lowest BCUT2D eigenvalue weighted by Gasteiger charge is -2.38. The van der Waals surface area contributed by atoms with E-state index in [0.717, 1.165) is 71.4 Å². The largest absolute Gasteiger partial charge is 0.491 e. The van der Waals surface area contributed by atoms with E-state index in [9.17, 15) is 4.79 Å². The molecule has 0 aliphatic carbocycles. The van der Waals surface area contributed by atoms with Crippen molar-refractivity contribution in [2.45, 2.75) is 65.1 Å². The first kappa shape index (κ1) is 24.7. The molecule has 4 rings (SSSR count). The molecule has 0 unspecified atom stereocenters. The summed E-state index contributed by atoms with van der Waals surface area (Å²) in [5.74, 6) is 1.13. The van der Waals surface area contributed by atoms with Gasteiger partial charge in [-0.1, -0.05) is 25.5 Å². The number of benzene rings is 1. The van der Waals surface area contributed by atoms with Gasteiger partial charge in [-0.15, -0.1) is 0 Å². The molecule has 1 aromatic heterocycles. The van der Waals surface area contributed by atoms with Crippen molar-refractivity contribution in [3.05, 3.63) is 47.3 Å². The summed E-state index contributed by atoms with van der Waals surface area (Å²) in [5, 5.41) is 4.59. The van der Waals surface area contributed by atoms with Gasteiger partial charge in [0.1, 0.15) is 12.4 Å². The molecule has 0 radical (unpaired) electrons. The molecule has 2 aliphatic heterocycles. The maximum atomic E-state index is 13.4. The van der Waals surface area contributed by atoms with E-state index >= 15 is 0 Å². The molecule has 3 heterocycles. The van der Waals surface area contributed by atoms with Crippen molar-refractivity contribution in [2.24, 2.45) is 5.92 Å². The van der Waals surface area contributed by atoms with Crippen molar-refractivity contribution in [3.8, 4) is 5.75 Å². The normalized spacial score (nSPS) is 22.7. The number of aryl methyl sites for hydroxylation is 1. The number of carbonyl (C=O) groups is 1. The highest BCUT2D eigenvalue weighted by atomic mass is 16.5.